The molecule has 14 heavy (non-hydrogen) atoms. The van der Waals surface area contributed by atoms with Crippen LogP contribution < -0.4 is 5.73 Å². The molecule has 1 heterocycles. The molecule has 0 saturated heterocycles. The number of rotatable bonds is 3. The maximum atomic E-state index is 11.0. The molecule has 10 heteroatoms. The fraction of sp³-hybridized carbons (Fsp3) is 0.250. The van der Waals surface area contributed by atoms with E-state index in [0.717, 1.165) is 7.11 Å². The molecular weight excluding hydrogens is 234 g/mol. The Morgan fingerprint density at radius 2 is 2.21 bits per heavy atom. The van der Waals surface area contributed by atoms with Crippen molar-refractivity contribution in [1.29, 1.82) is 0 Å². The molecule has 0 aliphatic heterocycles. The molecule has 0 aliphatic rings. The van der Waals surface area contributed by atoms with E-state index in [1.165, 1.54) is 0 Å². The fourth-order valence-electron chi connectivity index (χ4n) is 0.613. The van der Waals surface area contributed by atoms with Crippen LogP contribution in [0.3, 0.4) is 0 Å². The minimum atomic E-state index is -4.01. The SMILES string of the molecule is COS(=O)(=O)c1nc(N)c([N+](=O)[O-])s1. The summed E-state index contributed by atoms with van der Waals surface area (Å²) in [6.07, 6.45) is 0. The summed E-state index contributed by atoms with van der Waals surface area (Å²) in [5.74, 6) is -0.435. The van der Waals surface area contributed by atoms with Gasteiger partial charge in [0.25, 0.3) is 0 Å². The maximum Gasteiger partial charge on any atom is 0.368 e. The number of hydrogen-bond acceptors (Lipinski definition) is 8. The molecule has 0 amide bonds. The highest BCUT2D eigenvalue weighted by Crippen LogP contribution is 2.31. The molecule has 0 atom stereocenters. The van der Waals surface area contributed by atoms with Crippen LogP contribution in [0, 0.1) is 10.1 Å². The van der Waals surface area contributed by atoms with Crippen LogP contribution in [0.15, 0.2) is 4.34 Å². The highest BCUT2D eigenvalue weighted by Gasteiger charge is 2.26. The monoisotopic (exact) mass is 239 g/mol. The number of nitro groups is 1. The van der Waals surface area contributed by atoms with E-state index < -0.39 is 30.2 Å². The first kappa shape index (κ1) is 10.8. The first-order valence-corrected chi connectivity index (χ1v) is 5.32. The average molecular weight is 239 g/mol. The lowest BCUT2D eigenvalue weighted by Gasteiger charge is -1.92. The minimum Gasteiger partial charge on any atom is -0.377 e. The third-order valence-electron chi connectivity index (χ3n) is 1.21. The van der Waals surface area contributed by atoms with E-state index in [1.807, 2.05) is 0 Å². The minimum absolute atomic E-state index is 0.351. The second-order valence-corrected chi connectivity index (χ2v) is 4.91. The van der Waals surface area contributed by atoms with Crippen molar-refractivity contribution in [2.24, 2.45) is 0 Å². The van der Waals surface area contributed by atoms with Gasteiger partial charge in [0.15, 0.2) is 0 Å². The number of nitrogen functional groups attached to an aromatic ring is 1. The molecule has 0 fully saturated rings. The van der Waals surface area contributed by atoms with E-state index in [2.05, 4.69) is 9.17 Å². The molecule has 0 radical (unpaired) electrons. The molecule has 0 aliphatic carbocycles. The van der Waals surface area contributed by atoms with Gasteiger partial charge < -0.3 is 5.73 Å². The molecule has 0 saturated carbocycles. The van der Waals surface area contributed by atoms with Crippen molar-refractivity contribution in [3.63, 3.8) is 0 Å². The third kappa shape index (κ3) is 1.81. The van der Waals surface area contributed by atoms with Gasteiger partial charge in [0.05, 0.1) is 12.0 Å². The van der Waals surface area contributed by atoms with E-state index in [9.17, 15) is 18.5 Å². The Bertz CT molecular complexity index is 463. The van der Waals surface area contributed by atoms with Crippen LogP contribution in [0.1, 0.15) is 0 Å². The van der Waals surface area contributed by atoms with E-state index in [4.69, 9.17) is 5.73 Å². The van der Waals surface area contributed by atoms with Crippen LogP contribution in [0.25, 0.3) is 0 Å². The number of nitrogens with zero attached hydrogens (tertiary/aromatic N) is 2. The summed E-state index contributed by atoms with van der Waals surface area (Å²) in [7, 11) is -3.08. The highest BCUT2D eigenvalue weighted by atomic mass is 32.3. The van der Waals surface area contributed by atoms with Crippen molar-refractivity contribution in [3.05, 3.63) is 10.1 Å². The summed E-state index contributed by atoms with van der Waals surface area (Å²) >= 11 is 0.351. The van der Waals surface area contributed by atoms with E-state index in [0.29, 0.717) is 11.3 Å². The Morgan fingerprint density at radius 1 is 1.64 bits per heavy atom. The largest absolute Gasteiger partial charge is 0.377 e. The Labute approximate surface area is 82.6 Å². The fourth-order valence-corrected chi connectivity index (χ4v) is 2.35. The number of nitrogens with two attached hydrogens (primary N) is 1. The van der Waals surface area contributed by atoms with Gasteiger partial charge in [-0.15, -0.1) is 0 Å². The zero-order valence-corrected chi connectivity index (χ0v) is 8.46. The summed E-state index contributed by atoms with van der Waals surface area (Å²) in [6, 6.07) is 0. The van der Waals surface area contributed by atoms with Gasteiger partial charge in [-0.1, -0.05) is 0 Å². The van der Waals surface area contributed by atoms with Gasteiger partial charge in [0, 0.05) is 0 Å². The molecule has 1 aromatic heterocycles. The van der Waals surface area contributed by atoms with Gasteiger partial charge in [-0.25, -0.2) is 0 Å². The molecule has 8 nitrogen and oxygen atoms in total. The van der Waals surface area contributed by atoms with E-state index in [-0.39, 0.29) is 0 Å². The van der Waals surface area contributed by atoms with E-state index >= 15 is 0 Å². The van der Waals surface area contributed by atoms with Crippen molar-refractivity contribution < 1.29 is 17.5 Å². The van der Waals surface area contributed by atoms with Gasteiger partial charge in [-0.05, 0) is 11.3 Å². The zero-order valence-electron chi connectivity index (χ0n) is 6.83. The van der Waals surface area contributed by atoms with Gasteiger partial charge in [-0.3, -0.25) is 14.3 Å². The lowest BCUT2D eigenvalue weighted by Crippen LogP contribution is -2.02. The Morgan fingerprint density at radius 3 is 2.57 bits per heavy atom. The van der Waals surface area contributed by atoms with Crippen molar-refractivity contribution in [1.82, 2.24) is 4.98 Å². The Kier molecular flexibility index (Phi) is 2.69. The Hall–Kier alpha value is -1.26. The maximum absolute atomic E-state index is 11.0. The van der Waals surface area contributed by atoms with E-state index in [1.54, 1.807) is 0 Å². The number of hydrogen-bond donors (Lipinski definition) is 1. The molecule has 1 rings (SSSR count). The molecule has 0 aromatic carbocycles. The normalized spacial score (nSPS) is 11.5. The second kappa shape index (κ2) is 3.48. The van der Waals surface area contributed by atoms with Crippen molar-refractivity contribution in [2.75, 3.05) is 12.8 Å². The number of aromatic nitrogens is 1. The van der Waals surface area contributed by atoms with Crippen LogP contribution >= 0.6 is 11.3 Å². The summed E-state index contributed by atoms with van der Waals surface area (Å²) in [5, 5.41) is 9.80. The van der Waals surface area contributed by atoms with Crippen LogP contribution in [-0.4, -0.2) is 25.4 Å². The highest BCUT2D eigenvalue weighted by molar-refractivity contribution is 7.88. The third-order valence-corrected chi connectivity index (χ3v) is 3.85. The quantitative estimate of drug-likeness (QED) is 0.445. The standard InChI is InChI=1S/C4H5N3O5S2/c1-12-14(10,11)4-6-2(5)3(13-4)7(8)9/h5H2,1H3. The van der Waals surface area contributed by atoms with Crippen LogP contribution in [-0.2, 0) is 14.3 Å². The predicted molar refractivity (Wildman–Crippen MR) is 47.4 cm³/mol. The molecule has 0 spiro atoms. The Balaban J connectivity index is 3.29. The first-order valence-electron chi connectivity index (χ1n) is 3.10. The number of thiazole rings is 1. The molecule has 0 unspecified atom stereocenters. The van der Waals surface area contributed by atoms with Gasteiger partial charge >= 0.3 is 15.1 Å². The zero-order chi connectivity index (χ0) is 10.9. The van der Waals surface area contributed by atoms with Crippen LogP contribution in [0.4, 0.5) is 10.8 Å². The van der Waals surface area contributed by atoms with Crippen LogP contribution in [0.2, 0.25) is 0 Å². The van der Waals surface area contributed by atoms with Gasteiger partial charge in [-0.2, -0.15) is 13.4 Å². The van der Waals surface area contributed by atoms with Gasteiger partial charge in [0.1, 0.15) is 0 Å². The van der Waals surface area contributed by atoms with Crippen molar-refractivity contribution >= 4 is 32.3 Å². The van der Waals surface area contributed by atoms with Crippen LogP contribution in [0.5, 0.6) is 0 Å². The molecule has 78 valence electrons. The summed E-state index contributed by atoms with van der Waals surface area (Å²) in [5.41, 5.74) is 5.13. The lowest BCUT2D eigenvalue weighted by atomic mass is 10.7. The molecule has 1 aromatic rings. The molecule has 0 bridgehead atoms. The number of anilines is 1. The van der Waals surface area contributed by atoms with Crippen molar-refractivity contribution in [2.45, 2.75) is 4.34 Å². The first-order chi connectivity index (χ1) is 6.38. The summed E-state index contributed by atoms with van der Waals surface area (Å²) in [6.45, 7) is 0. The molecular formula is C4H5N3O5S2. The van der Waals surface area contributed by atoms with Crippen molar-refractivity contribution in [3.8, 4) is 0 Å². The van der Waals surface area contributed by atoms with Gasteiger partial charge in [0.2, 0.25) is 10.2 Å². The molecule has 2 N–H and O–H groups in total. The smallest absolute Gasteiger partial charge is 0.368 e. The summed E-state index contributed by atoms with van der Waals surface area (Å²) < 4.78 is 25.7. The predicted octanol–water partition coefficient (Wildman–Crippen LogP) is -0.0314. The second-order valence-electron chi connectivity index (χ2n) is 2.05. The topological polar surface area (TPSA) is 125 Å². The summed E-state index contributed by atoms with van der Waals surface area (Å²) in [4.78, 5) is 12.8. The lowest BCUT2D eigenvalue weighted by molar-refractivity contribution is -0.379. The average Bonchev–Trinajstić information content (AvgIpc) is 2.48.